The summed E-state index contributed by atoms with van der Waals surface area (Å²) in [5, 5.41) is 0. The van der Waals surface area contributed by atoms with Crippen molar-refractivity contribution in [3.63, 3.8) is 0 Å². The summed E-state index contributed by atoms with van der Waals surface area (Å²) in [4.78, 5) is 37.7. The maximum absolute atomic E-state index is 12.6. The number of amides is 1. The first-order valence-electron chi connectivity index (χ1n) is 9.71. The van der Waals surface area contributed by atoms with Crippen LogP contribution in [-0.2, 0) is 18.3 Å². The Kier molecular flexibility index (Phi) is 5.12. The van der Waals surface area contributed by atoms with E-state index in [1.165, 1.54) is 4.57 Å². The van der Waals surface area contributed by atoms with Crippen LogP contribution in [0.2, 0.25) is 0 Å². The molecule has 0 unspecified atom stereocenters. The molecule has 1 fully saturated rings. The van der Waals surface area contributed by atoms with E-state index in [1.807, 2.05) is 46.1 Å². The second-order valence-electron chi connectivity index (χ2n) is 8.46. The first-order chi connectivity index (χ1) is 13.0. The van der Waals surface area contributed by atoms with Crippen LogP contribution in [0.25, 0.3) is 11.2 Å². The van der Waals surface area contributed by atoms with Crippen molar-refractivity contribution >= 4 is 23.1 Å². The molecule has 1 saturated heterocycles. The average molecular weight is 390 g/mol. The Hall–Kier alpha value is -2.58. The SMILES string of the molecule is CCn1cnc2c(N3C[C@@H](C)N(C(=O)OC(C)(C)C)C[C@@H]3C)nc(=O)n(C)c21. The first-order valence-corrected chi connectivity index (χ1v) is 9.71. The number of nitrogens with zero attached hydrogens (tertiary/aromatic N) is 6. The highest BCUT2D eigenvalue weighted by molar-refractivity contribution is 5.84. The van der Waals surface area contributed by atoms with E-state index in [4.69, 9.17) is 4.74 Å². The maximum atomic E-state index is 12.6. The fraction of sp³-hybridized carbons (Fsp3) is 0.684. The van der Waals surface area contributed by atoms with E-state index in [2.05, 4.69) is 14.9 Å². The molecule has 2 aromatic heterocycles. The highest BCUT2D eigenvalue weighted by Crippen LogP contribution is 2.27. The first kappa shape index (κ1) is 20.2. The van der Waals surface area contributed by atoms with Crippen LogP contribution in [0, 0.1) is 0 Å². The monoisotopic (exact) mass is 390 g/mol. The van der Waals surface area contributed by atoms with Crippen molar-refractivity contribution in [2.75, 3.05) is 18.0 Å². The van der Waals surface area contributed by atoms with Gasteiger partial charge >= 0.3 is 11.8 Å². The van der Waals surface area contributed by atoms with Gasteiger partial charge in [-0.15, -0.1) is 0 Å². The van der Waals surface area contributed by atoms with E-state index >= 15 is 0 Å². The van der Waals surface area contributed by atoms with Gasteiger partial charge in [0.2, 0.25) is 0 Å². The van der Waals surface area contributed by atoms with Crippen molar-refractivity contribution in [1.82, 2.24) is 24.0 Å². The van der Waals surface area contributed by atoms with Gasteiger partial charge in [0.05, 0.1) is 6.33 Å². The van der Waals surface area contributed by atoms with Crippen molar-refractivity contribution in [1.29, 1.82) is 0 Å². The van der Waals surface area contributed by atoms with Gasteiger partial charge in [-0.25, -0.2) is 14.6 Å². The Labute approximate surface area is 164 Å². The fourth-order valence-corrected chi connectivity index (χ4v) is 3.62. The molecule has 2 aromatic rings. The van der Waals surface area contributed by atoms with Crippen molar-refractivity contribution in [2.45, 2.75) is 65.8 Å². The Morgan fingerprint density at radius 2 is 1.93 bits per heavy atom. The zero-order valence-electron chi connectivity index (χ0n) is 17.8. The summed E-state index contributed by atoms with van der Waals surface area (Å²) < 4.78 is 9.01. The molecule has 2 atom stereocenters. The quantitative estimate of drug-likeness (QED) is 0.780. The number of hydrogen-bond donors (Lipinski definition) is 0. The Morgan fingerprint density at radius 1 is 1.25 bits per heavy atom. The minimum atomic E-state index is -0.538. The number of carbonyl (C=O) groups excluding carboxylic acids is 1. The maximum Gasteiger partial charge on any atom is 0.410 e. The smallest absolute Gasteiger partial charge is 0.410 e. The average Bonchev–Trinajstić information content (AvgIpc) is 3.02. The summed E-state index contributed by atoms with van der Waals surface area (Å²) >= 11 is 0. The molecule has 0 spiro atoms. The van der Waals surface area contributed by atoms with Crippen molar-refractivity contribution in [2.24, 2.45) is 7.05 Å². The molecule has 1 aliphatic heterocycles. The van der Waals surface area contributed by atoms with E-state index in [1.54, 1.807) is 18.3 Å². The van der Waals surface area contributed by atoms with Crippen LogP contribution in [0.4, 0.5) is 10.6 Å². The molecule has 3 heterocycles. The van der Waals surface area contributed by atoms with Crippen molar-refractivity contribution in [3.05, 3.63) is 16.8 Å². The number of ether oxygens (including phenoxy) is 1. The normalized spacial score (nSPS) is 20.7. The second kappa shape index (κ2) is 7.10. The minimum absolute atomic E-state index is 0.0294. The number of imidazole rings is 1. The number of anilines is 1. The van der Waals surface area contributed by atoms with Crippen molar-refractivity contribution in [3.8, 4) is 0 Å². The molecule has 9 heteroatoms. The predicted molar refractivity (Wildman–Crippen MR) is 108 cm³/mol. The molecule has 0 aromatic carbocycles. The summed E-state index contributed by atoms with van der Waals surface area (Å²) in [6, 6.07) is -0.112. The van der Waals surface area contributed by atoms with Crippen LogP contribution in [0.15, 0.2) is 11.1 Å². The Morgan fingerprint density at radius 3 is 2.54 bits per heavy atom. The molecule has 0 radical (unpaired) electrons. The number of piperazine rings is 1. The van der Waals surface area contributed by atoms with E-state index < -0.39 is 5.60 Å². The number of fused-ring (bicyclic) bond motifs is 1. The van der Waals surface area contributed by atoms with Gasteiger partial charge in [0, 0.05) is 38.8 Å². The summed E-state index contributed by atoms with van der Waals surface area (Å²) in [5.74, 6) is 0.577. The van der Waals surface area contributed by atoms with Gasteiger partial charge in [0.1, 0.15) is 16.8 Å². The second-order valence-corrected chi connectivity index (χ2v) is 8.46. The lowest BCUT2D eigenvalue weighted by Gasteiger charge is -2.44. The molecular weight excluding hydrogens is 360 g/mol. The molecule has 9 nitrogen and oxygen atoms in total. The lowest BCUT2D eigenvalue weighted by Crippen LogP contribution is -2.59. The molecule has 28 heavy (non-hydrogen) atoms. The highest BCUT2D eigenvalue weighted by Gasteiger charge is 2.36. The third-order valence-corrected chi connectivity index (χ3v) is 5.05. The number of hydrogen-bond acceptors (Lipinski definition) is 6. The number of carbonyl (C=O) groups is 1. The van der Waals surface area contributed by atoms with Crippen LogP contribution in [0.5, 0.6) is 0 Å². The predicted octanol–water partition coefficient (Wildman–Crippen LogP) is 1.98. The molecule has 0 bridgehead atoms. The molecule has 1 amide bonds. The Balaban J connectivity index is 1.95. The fourth-order valence-electron chi connectivity index (χ4n) is 3.62. The molecule has 154 valence electrons. The van der Waals surface area contributed by atoms with Gasteiger partial charge < -0.3 is 19.1 Å². The molecule has 1 aliphatic rings. The van der Waals surface area contributed by atoms with E-state index in [0.29, 0.717) is 31.0 Å². The molecular formula is C19H30N6O3. The summed E-state index contributed by atoms with van der Waals surface area (Å²) in [6.07, 6.45) is 1.42. The minimum Gasteiger partial charge on any atom is -0.444 e. The Bertz CT molecular complexity index is 942. The van der Waals surface area contributed by atoms with Gasteiger partial charge in [-0.3, -0.25) is 4.57 Å². The van der Waals surface area contributed by atoms with Crippen molar-refractivity contribution < 1.29 is 9.53 Å². The highest BCUT2D eigenvalue weighted by atomic mass is 16.6. The summed E-state index contributed by atoms with van der Waals surface area (Å²) in [6.45, 7) is 13.3. The summed E-state index contributed by atoms with van der Waals surface area (Å²) in [7, 11) is 1.71. The van der Waals surface area contributed by atoms with E-state index in [-0.39, 0.29) is 23.9 Å². The van der Waals surface area contributed by atoms with Gasteiger partial charge in [-0.05, 0) is 41.5 Å². The number of rotatable bonds is 2. The topological polar surface area (TPSA) is 85.5 Å². The molecule has 0 N–H and O–H groups in total. The third-order valence-electron chi connectivity index (χ3n) is 5.05. The third kappa shape index (κ3) is 3.57. The van der Waals surface area contributed by atoms with E-state index in [9.17, 15) is 9.59 Å². The number of aryl methyl sites for hydroxylation is 2. The van der Waals surface area contributed by atoms with Crippen LogP contribution < -0.4 is 10.6 Å². The van der Waals surface area contributed by atoms with Gasteiger partial charge in [0.25, 0.3) is 0 Å². The van der Waals surface area contributed by atoms with Gasteiger partial charge in [0.15, 0.2) is 5.82 Å². The molecule has 0 saturated carbocycles. The van der Waals surface area contributed by atoms with Crippen LogP contribution in [0.1, 0.15) is 41.5 Å². The summed E-state index contributed by atoms with van der Waals surface area (Å²) in [5.41, 5.74) is 0.608. The zero-order chi connectivity index (χ0) is 20.8. The lowest BCUT2D eigenvalue weighted by molar-refractivity contribution is 0.0130. The standard InChI is InChI=1S/C19H30N6O3/c1-8-23-11-20-14-15(21-17(26)22(7)16(14)23)24-9-13(3)25(10-12(24)2)18(27)28-19(4,5)6/h11-13H,8-10H2,1-7H3/t12-,13+/m0/s1. The largest absolute Gasteiger partial charge is 0.444 e. The number of aromatic nitrogens is 4. The van der Waals surface area contributed by atoms with Crippen LogP contribution in [-0.4, -0.2) is 60.9 Å². The van der Waals surface area contributed by atoms with E-state index in [0.717, 1.165) is 5.65 Å². The molecule has 3 rings (SSSR count). The lowest BCUT2D eigenvalue weighted by atomic mass is 10.1. The van der Waals surface area contributed by atoms with Crippen LogP contribution >= 0.6 is 0 Å². The van der Waals surface area contributed by atoms with Gasteiger partial charge in [-0.1, -0.05) is 0 Å². The van der Waals surface area contributed by atoms with Gasteiger partial charge in [-0.2, -0.15) is 4.98 Å². The van der Waals surface area contributed by atoms with Crippen LogP contribution in [0.3, 0.4) is 0 Å². The zero-order valence-corrected chi connectivity index (χ0v) is 17.8. The molecule has 0 aliphatic carbocycles.